The van der Waals surface area contributed by atoms with E-state index in [0.717, 1.165) is 12.1 Å². The van der Waals surface area contributed by atoms with Crippen LogP contribution in [0.2, 0.25) is 0 Å². The maximum Gasteiger partial charge on any atom is 0.259 e. The largest absolute Gasteiger partial charge is 0.345 e. The van der Waals surface area contributed by atoms with E-state index >= 15 is 0 Å². The number of aromatic nitrogens is 2. The summed E-state index contributed by atoms with van der Waals surface area (Å²) in [6.45, 7) is 4.47. The quantitative estimate of drug-likeness (QED) is 0.912. The lowest BCUT2D eigenvalue weighted by molar-refractivity contribution is 0.0793. The van der Waals surface area contributed by atoms with Crippen LogP contribution in [0.3, 0.4) is 0 Å². The van der Waals surface area contributed by atoms with Crippen molar-refractivity contribution in [2.24, 2.45) is 0 Å². The first-order valence-corrected chi connectivity index (χ1v) is 6.29. The fraction of sp³-hybridized carbons (Fsp3) is 0.357. The van der Waals surface area contributed by atoms with Gasteiger partial charge in [-0.3, -0.25) is 9.59 Å². The highest BCUT2D eigenvalue weighted by Gasteiger charge is 2.16. The number of hydrogen-bond acceptors (Lipinski definition) is 3. The minimum absolute atomic E-state index is 0.161. The van der Waals surface area contributed by atoms with E-state index < -0.39 is 0 Å². The van der Waals surface area contributed by atoms with Crippen molar-refractivity contribution in [2.45, 2.75) is 20.3 Å². The molecule has 2 aromatic heterocycles. The van der Waals surface area contributed by atoms with Crippen LogP contribution in [0.5, 0.6) is 0 Å². The summed E-state index contributed by atoms with van der Waals surface area (Å²) in [6, 6.07) is 3.47. The summed E-state index contributed by atoms with van der Waals surface area (Å²) in [5, 5.41) is 0.446. The van der Waals surface area contributed by atoms with Crippen LogP contribution in [-0.2, 0) is 0 Å². The molecule has 0 aliphatic carbocycles. The SMILES string of the molecule is CCCN(C)C(=O)c1c[nH]c2nc(C)ccc2c1=O. The number of pyridine rings is 2. The van der Waals surface area contributed by atoms with Crippen molar-refractivity contribution >= 4 is 16.9 Å². The van der Waals surface area contributed by atoms with Gasteiger partial charge >= 0.3 is 0 Å². The van der Waals surface area contributed by atoms with Crippen molar-refractivity contribution in [3.63, 3.8) is 0 Å². The van der Waals surface area contributed by atoms with E-state index in [4.69, 9.17) is 0 Å². The number of hydrogen-bond donors (Lipinski definition) is 1. The lowest BCUT2D eigenvalue weighted by Gasteiger charge is -2.15. The minimum atomic E-state index is -0.269. The normalized spacial score (nSPS) is 10.7. The standard InChI is InChI=1S/C14H17N3O2/c1-4-7-17(3)14(19)11-8-15-13-10(12(11)18)6-5-9(2)16-13/h5-6,8H,4,7H2,1-3H3,(H,15,16,18). The summed E-state index contributed by atoms with van der Waals surface area (Å²) in [5.41, 5.74) is 1.23. The van der Waals surface area contributed by atoms with Gasteiger partial charge < -0.3 is 9.88 Å². The second-order valence-corrected chi connectivity index (χ2v) is 4.61. The van der Waals surface area contributed by atoms with Crippen molar-refractivity contribution < 1.29 is 4.79 Å². The smallest absolute Gasteiger partial charge is 0.259 e. The molecule has 2 aromatic rings. The average Bonchev–Trinajstić information content (AvgIpc) is 2.38. The van der Waals surface area contributed by atoms with Crippen LogP contribution in [-0.4, -0.2) is 34.4 Å². The number of carbonyl (C=O) groups is 1. The molecule has 2 rings (SSSR count). The highest BCUT2D eigenvalue weighted by molar-refractivity contribution is 5.96. The third-order valence-electron chi connectivity index (χ3n) is 3.01. The van der Waals surface area contributed by atoms with Crippen LogP contribution in [0.15, 0.2) is 23.1 Å². The van der Waals surface area contributed by atoms with Gasteiger partial charge in [-0.1, -0.05) is 6.92 Å². The molecular formula is C14H17N3O2. The number of fused-ring (bicyclic) bond motifs is 1. The molecule has 19 heavy (non-hydrogen) atoms. The molecule has 100 valence electrons. The van der Waals surface area contributed by atoms with Crippen molar-refractivity contribution in [1.82, 2.24) is 14.9 Å². The van der Waals surface area contributed by atoms with E-state index in [2.05, 4.69) is 9.97 Å². The van der Waals surface area contributed by atoms with Gasteiger partial charge in [0, 0.05) is 25.5 Å². The Bertz CT molecular complexity index is 676. The molecule has 2 heterocycles. The summed E-state index contributed by atoms with van der Waals surface area (Å²) in [5.74, 6) is -0.259. The predicted octanol–water partition coefficient (Wildman–Crippen LogP) is 1.71. The number of nitrogens with one attached hydrogen (secondary N) is 1. The summed E-state index contributed by atoms with van der Waals surface area (Å²) in [7, 11) is 1.70. The van der Waals surface area contributed by atoms with Crippen molar-refractivity contribution in [2.75, 3.05) is 13.6 Å². The fourth-order valence-corrected chi connectivity index (χ4v) is 2.00. The van der Waals surface area contributed by atoms with E-state index in [-0.39, 0.29) is 16.9 Å². The van der Waals surface area contributed by atoms with Crippen LogP contribution < -0.4 is 5.43 Å². The fourth-order valence-electron chi connectivity index (χ4n) is 2.00. The number of carbonyl (C=O) groups excluding carboxylic acids is 1. The molecule has 5 nitrogen and oxygen atoms in total. The van der Waals surface area contributed by atoms with Gasteiger partial charge in [0.1, 0.15) is 11.2 Å². The summed E-state index contributed by atoms with van der Waals surface area (Å²) in [6.07, 6.45) is 2.31. The van der Waals surface area contributed by atoms with E-state index in [1.807, 2.05) is 13.8 Å². The summed E-state index contributed by atoms with van der Waals surface area (Å²) >= 11 is 0. The molecule has 0 saturated heterocycles. The average molecular weight is 259 g/mol. The van der Waals surface area contributed by atoms with Crippen LogP contribution >= 0.6 is 0 Å². The second-order valence-electron chi connectivity index (χ2n) is 4.61. The maximum absolute atomic E-state index is 12.3. The molecule has 0 saturated carbocycles. The Morgan fingerprint density at radius 2 is 2.16 bits per heavy atom. The number of aromatic amines is 1. The monoisotopic (exact) mass is 259 g/mol. The lowest BCUT2D eigenvalue weighted by Crippen LogP contribution is -2.31. The van der Waals surface area contributed by atoms with Gasteiger partial charge in [-0.05, 0) is 25.5 Å². The molecule has 0 atom stereocenters. The Morgan fingerprint density at radius 1 is 1.42 bits per heavy atom. The zero-order valence-electron chi connectivity index (χ0n) is 11.4. The number of aryl methyl sites for hydroxylation is 1. The van der Waals surface area contributed by atoms with Gasteiger partial charge in [0.05, 0.1) is 5.39 Å². The molecule has 0 spiro atoms. The highest BCUT2D eigenvalue weighted by Crippen LogP contribution is 2.08. The molecule has 0 fully saturated rings. The van der Waals surface area contributed by atoms with Gasteiger partial charge in [0.25, 0.3) is 5.91 Å². The number of nitrogens with zero attached hydrogens (tertiary/aromatic N) is 2. The van der Waals surface area contributed by atoms with Gasteiger partial charge in [-0.2, -0.15) is 0 Å². The Balaban J connectivity index is 2.52. The molecule has 0 unspecified atom stereocenters. The molecule has 0 aliphatic rings. The van der Waals surface area contributed by atoms with Gasteiger partial charge in [-0.15, -0.1) is 0 Å². The molecule has 1 N–H and O–H groups in total. The third-order valence-corrected chi connectivity index (χ3v) is 3.01. The van der Waals surface area contributed by atoms with Crippen LogP contribution in [0.1, 0.15) is 29.4 Å². The zero-order chi connectivity index (χ0) is 14.0. The molecule has 0 radical (unpaired) electrons. The van der Waals surface area contributed by atoms with Gasteiger partial charge in [-0.25, -0.2) is 4.98 Å². The molecule has 0 aromatic carbocycles. The summed E-state index contributed by atoms with van der Waals surface area (Å²) < 4.78 is 0. The van der Waals surface area contributed by atoms with E-state index in [1.165, 1.54) is 6.20 Å². The molecule has 0 bridgehead atoms. The first-order valence-electron chi connectivity index (χ1n) is 6.29. The third kappa shape index (κ3) is 2.50. The van der Waals surface area contributed by atoms with Crippen LogP contribution in [0, 0.1) is 6.92 Å². The molecule has 5 heteroatoms. The topological polar surface area (TPSA) is 66.1 Å². The maximum atomic E-state index is 12.3. The first kappa shape index (κ1) is 13.3. The van der Waals surface area contributed by atoms with Crippen molar-refractivity contribution in [1.29, 1.82) is 0 Å². The van der Waals surface area contributed by atoms with Crippen LogP contribution in [0.4, 0.5) is 0 Å². The molecule has 1 amide bonds. The highest BCUT2D eigenvalue weighted by atomic mass is 16.2. The van der Waals surface area contributed by atoms with E-state index in [0.29, 0.717) is 17.6 Å². The Hall–Kier alpha value is -2.17. The van der Waals surface area contributed by atoms with Gasteiger partial charge in [0.15, 0.2) is 0 Å². The van der Waals surface area contributed by atoms with E-state index in [9.17, 15) is 9.59 Å². The first-order chi connectivity index (χ1) is 9.04. The van der Waals surface area contributed by atoms with Crippen molar-refractivity contribution in [3.8, 4) is 0 Å². The predicted molar refractivity (Wildman–Crippen MR) is 74.4 cm³/mol. The minimum Gasteiger partial charge on any atom is -0.345 e. The second kappa shape index (κ2) is 5.22. The Morgan fingerprint density at radius 3 is 2.84 bits per heavy atom. The van der Waals surface area contributed by atoms with E-state index in [1.54, 1.807) is 24.1 Å². The Kier molecular flexibility index (Phi) is 3.64. The van der Waals surface area contributed by atoms with Crippen LogP contribution in [0.25, 0.3) is 11.0 Å². The molecular weight excluding hydrogens is 242 g/mol. The van der Waals surface area contributed by atoms with Crippen molar-refractivity contribution in [3.05, 3.63) is 39.8 Å². The Labute approximate surface area is 111 Å². The zero-order valence-corrected chi connectivity index (χ0v) is 11.4. The number of rotatable bonds is 3. The number of amides is 1. The summed E-state index contributed by atoms with van der Waals surface area (Å²) in [4.78, 5) is 33.1. The van der Waals surface area contributed by atoms with Gasteiger partial charge in [0.2, 0.25) is 5.43 Å². The molecule has 0 aliphatic heterocycles. The lowest BCUT2D eigenvalue weighted by atomic mass is 10.1. The number of H-pyrrole nitrogens is 1.